The quantitative estimate of drug-likeness (QED) is 0.799. The van der Waals surface area contributed by atoms with Gasteiger partial charge in [0.05, 0.1) is 12.5 Å². The second kappa shape index (κ2) is 6.24. The number of nitrogens with zero attached hydrogens (tertiary/aromatic N) is 4. The van der Waals surface area contributed by atoms with Crippen LogP contribution in [0.1, 0.15) is 10.5 Å². The first-order valence-corrected chi connectivity index (χ1v) is 7.58. The smallest absolute Gasteiger partial charge is 0.272 e. The molecule has 1 amide bonds. The van der Waals surface area contributed by atoms with Crippen LogP contribution in [-0.4, -0.2) is 70.0 Å². The molecule has 0 spiro atoms. The molecule has 100 valence electrons. The zero-order valence-corrected chi connectivity index (χ0v) is 11.8. The molecule has 0 unspecified atom stereocenters. The van der Waals surface area contributed by atoms with Gasteiger partial charge in [-0.2, -0.15) is 11.8 Å². The molecule has 18 heavy (non-hydrogen) atoms. The summed E-state index contributed by atoms with van der Waals surface area (Å²) in [7, 11) is 1.86. The van der Waals surface area contributed by atoms with E-state index in [0.717, 1.165) is 38.5 Å². The molecule has 1 aliphatic rings. The molecule has 1 aromatic rings. The summed E-state index contributed by atoms with van der Waals surface area (Å²) in [5.41, 5.74) is 0.674. The van der Waals surface area contributed by atoms with Crippen LogP contribution in [0.5, 0.6) is 0 Å². The van der Waals surface area contributed by atoms with Gasteiger partial charge in [0, 0.05) is 45.5 Å². The monoisotopic (exact) mass is 268 g/mol. The van der Waals surface area contributed by atoms with Gasteiger partial charge in [-0.15, -0.1) is 0 Å². The number of hydrogen-bond donors (Lipinski definition) is 0. The number of aromatic nitrogens is 2. The summed E-state index contributed by atoms with van der Waals surface area (Å²) in [6.45, 7) is 4.71. The van der Waals surface area contributed by atoms with E-state index in [4.69, 9.17) is 0 Å². The van der Waals surface area contributed by atoms with Gasteiger partial charge in [0.1, 0.15) is 5.69 Å². The molecule has 0 saturated carbocycles. The number of thioether (sulfide) groups is 1. The van der Waals surface area contributed by atoms with Crippen molar-refractivity contribution < 1.29 is 4.79 Å². The SMILES string of the molecule is CSCCN1CCN(C(=O)c2cncn2C)CC1. The van der Waals surface area contributed by atoms with Gasteiger partial charge in [0.2, 0.25) is 0 Å². The first kappa shape index (κ1) is 13.4. The van der Waals surface area contributed by atoms with E-state index in [-0.39, 0.29) is 5.91 Å². The third kappa shape index (κ3) is 3.05. The first-order valence-electron chi connectivity index (χ1n) is 6.19. The third-order valence-electron chi connectivity index (χ3n) is 3.31. The third-order valence-corrected chi connectivity index (χ3v) is 3.90. The first-order chi connectivity index (χ1) is 8.72. The number of carbonyl (C=O) groups excluding carboxylic acids is 1. The van der Waals surface area contributed by atoms with Gasteiger partial charge in [0.25, 0.3) is 5.91 Å². The number of piperazine rings is 1. The maximum atomic E-state index is 12.2. The summed E-state index contributed by atoms with van der Waals surface area (Å²) >= 11 is 1.87. The molecule has 0 radical (unpaired) electrons. The molecule has 0 bridgehead atoms. The Hall–Kier alpha value is -1.01. The van der Waals surface area contributed by atoms with Crippen LogP contribution in [0.4, 0.5) is 0 Å². The number of carbonyl (C=O) groups is 1. The van der Waals surface area contributed by atoms with Gasteiger partial charge in [-0.05, 0) is 6.26 Å². The van der Waals surface area contributed by atoms with E-state index in [1.54, 1.807) is 17.1 Å². The fourth-order valence-electron chi connectivity index (χ4n) is 2.12. The highest BCUT2D eigenvalue weighted by atomic mass is 32.2. The molecule has 1 saturated heterocycles. The van der Waals surface area contributed by atoms with E-state index in [1.165, 1.54) is 0 Å². The average Bonchev–Trinajstić information content (AvgIpc) is 2.82. The Labute approximate surface area is 112 Å². The number of imidazole rings is 1. The lowest BCUT2D eigenvalue weighted by Gasteiger charge is -2.34. The zero-order valence-electron chi connectivity index (χ0n) is 11.0. The maximum absolute atomic E-state index is 12.2. The van der Waals surface area contributed by atoms with Crippen molar-refractivity contribution in [3.05, 3.63) is 18.2 Å². The lowest BCUT2D eigenvalue weighted by atomic mass is 10.3. The van der Waals surface area contributed by atoms with Crippen molar-refractivity contribution in [2.24, 2.45) is 7.05 Å². The lowest BCUT2D eigenvalue weighted by Crippen LogP contribution is -2.49. The standard InChI is InChI=1S/C12H20N4OS/c1-14-10-13-9-11(14)12(17)16-5-3-15(4-6-16)7-8-18-2/h9-10H,3-8H2,1-2H3. The second-order valence-electron chi connectivity index (χ2n) is 4.52. The second-order valence-corrected chi connectivity index (χ2v) is 5.50. The Morgan fingerprint density at radius 2 is 2.11 bits per heavy atom. The molecular formula is C12H20N4OS. The molecule has 2 heterocycles. The largest absolute Gasteiger partial charge is 0.335 e. The van der Waals surface area contributed by atoms with Crippen molar-refractivity contribution in [3.8, 4) is 0 Å². The molecular weight excluding hydrogens is 248 g/mol. The van der Waals surface area contributed by atoms with Crippen LogP contribution in [-0.2, 0) is 7.05 Å². The molecule has 0 aliphatic carbocycles. The Morgan fingerprint density at radius 3 is 2.67 bits per heavy atom. The van der Waals surface area contributed by atoms with Crippen LogP contribution in [0.3, 0.4) is 0 Å². The van der Waals surface area contributed by atoms with Crippen molar-refractivity contribution in [2.75, 3.05) is 44.7 Å². The van der Waals surface area contributed by atoms with Gasteiger partial charge in [-0.3, -0.25) is 9.69 Å². The predicted molar refractivity (Wildman–Crippen MR) is 73.9 cm³/mol. The summed E-state index contributed by atoms with van der Waals surface area (Å²) in [5.74, 6) is 1.26. The van der Waals surface area contributed by atoms with E-state index in [2.05, 4.69) is 16.1 Å². The van der Waals surface area contributed by atoms with Gasteiger partial charge < -0.3 is 9.47 Å². The number of amides is 1. The summed E-state index contributed by atoms with van der Waals surface area (Å²) < 4.78 is 1.78. The van der Waals surface area contributed by atoms with Crippen LogP contribution in [0.15, 0.2) is 12.5 Å². The molecule has 0 N–H and O–H groups in total. The highest BCUT2D eigenvalue weighted by molar-refractivity contribution is 7.98. The van der Waals surface area contributed by atoms with E-state index < -0.39 is 0 Å². The molecule has 2 rings (SSSR count). The molecule has 1 aromatic heterocycles. The predicted octanol–water partition coefficient (Wildman–Crippen LogP) is 0.541. The van der Waals surface area contributed by atoms with Crippen molar-refractivity contribution in [2.45, 2.75) is 0 Å². The minimum atomic E-state index is 0.0968. The minimum absolute atomic E-state index is 0.0968. The van der Waals surface area contributed by atoms with Crippen LogP contribution in [0, 0.1) is 0 Å². The van der Waals surface area contributed by atoms with Crippen molar-refractivity contribution in [1.29, 1.82) is 0 Å². The maximum Gasteiger partial charge on any atom is 0.272 e. The number of aryl methyl sites for hydroxylation is 1. The molecule has 5 nitrogen and oxygen atoms in total. The van der Waals surface area contributed by atoms with E-state index in [9.17, 15) is 4.79 Å². The Morgan fingerprint density at radius 1 is 1.39 bits per heavy atom. The van der Waals surface area contributed by atoms with E-state index in [0.29, 0.717) is 5.69 Å². The van der Waals surface area contributed by atoms with Crippen molar-refractivity contribution in [3.63, 3.8) is 0 Å². The highest BCUT2D eigenvalue weighted by Gasteiger charge is 2.23. The van der Waals surface area contributed by atoms with Crippen LogP contribution >= 0.6 is 11.8 Å². The Kier molecular flexibility index (Phi) is 4.66. The van der Waals surface area contributed by atoms with E-state index >= 15 is 0 Å². The van der Waals surface area contributed by atoms with Crippen LogP contribution in [0.25, 0.3) is 0 Å². The fourth-order valence-corrected chi connectivity index (χ4v) is 2.56. The minimum Gasteiger partial charge on any atom is -0.335 e. The Balaban J connectivity index is 1.86. The van der Waals surface area contributed by atoms with Crippen LogP contribution < -0.4 is 0 Å². The summed E-state index contributed by atoms with van der Waals surface area (Å²) in [6, 6.07) is 0. The molecule has 0 atom stereocenters. The zero-order chi connectivity index (χ0) is 13.0. The molecule has 1 fully saturated rings. The van der Waals surface area contributed by atoms with Crippen molar-refractivity contribution in [1.82, 2.24) is 19.4 Å². The Bertz CT molecular complexity index is 399. The molecule has 6 heteroatoms. The van der Waals surface area contributed by atoms with E-state index in [1.807, 2.05) is 23.7 Å². The van der Waals surface area contributed by atoms with Crippen LogP contribution in [0.2, 0.25) is 0 Å². The van der Waals surface area contributed by atoms with Gasteiger partial charge >= 0.3 is 0 Å². The summed E-state index contributed by atoms with van der Waals surface area (Å²) in [5, 5.41) is 0. The normalized spacial score (nSPS) is 17.1. The highest BCUT2D eigenvalue weighted by Crippen LogP contribution is 2.08. The fraction of sp³-hybridized carbons (Fsp3) is 0.667. The summed E-state index contributed by atoms with van der Waals surface area (Å²) in [6.07, 6.45) is 5.44. The topological polar surface area (TPSA) is 41.4 Å². The molecule has 1 aliphatic heterocycles. The number of hydrogen-bond acceptors (Lipinski definition) is 4. The molecule has 0 aromatic carbocycles. The van der Waals surface area contributed by atoms with Crippen molar-refractivity contribution >= 4 is 17.7 Å². The lowest BCUT2D eigenvalue weighted by molar-refractivity contribution is 0.0635. The van der Waals surface area contributed by atoms with Gasteiger partial charge in [-0.25, -0.2) is 4.98 Å². The van der Waals surface area contributed by atoms with Gasteiger partial charge in [-0.1, -0.05) is 0 Å². The average molecular weight is 268 g/mol. The summed E-state index contributed by atoms with van der Waals surface area (Å²) in [4.78, 5) is 20.6. The van der Waals surface area contributed by atoms with Gasteiger partial charge in [0.15, 0.2) is 0 Å². The number of rotatable bonds is 4.